The van der Waals surface area contributed by atoms with Gasteiger partial charge in [-0.1, -0.05) is 23.7 Å². The van der Waals surface area contributed by atoms with Crippen LogP contribution in [0.15, 0.2) is 29.4 Å². The highest BCUT2D eigenvalue weighted by Gasteiger charge is 2.04. The molecule has 0 unspecified atom stereocenters. The van der Waals surface area contributed by atoms with Crippen molar-refractivity contribution < 1.29 is 14.6 Å². The van der Waals surface area contributed by atoms with Crippen molar-refractivity contribution in [3.63, 3.8) is 0 Å². The summed E-state index contributed by atoms with van der Waals surface area (Å²) in [6, 6.07) is 6.74. The minimum atomic E-state index is -0.660. The Labute approximate surface area is 104 Å². The van der Waals surface area contributed by atoms with E-state index in [9.17, 15) is 4.79 Å². The third-order valence-corrected chi connectivity index (χ3v) is 2.14. The third-order valence-electron chi connectivity index (χ3n) is 1.88. The number of aliphatic hydroxyl groups is 1. The third kappa shape index (κ3) is 4.42. The molecule has 1 rings (SSSR count). The summed E-state index contributed by atoms with van der Waals surface area (Å²) in [6.45, 7) is 1.65. The number of hydrazone groups is 1. The summed E-state index contributed by atoms with van der Waals surface area (Å²) < 4.78 is 4.63. The van der Waals surface area contributed by atoms with Crippen LogP contribution in [0.5, 0.6) is 0 Å². The Morgan fingerprint density at radius 1 is 1.47 bits per heavy atom. The van der Waals surface area contributed by atoms with Gasteiger partial charge in [0.2, 0.25) is 0 Å². The summed E-state index contributed by atoms with van der Waals surface area (Å²) >= 11 is 5.74. The molecule has 2 N–H and O–H groups in total. The summed E-state index contributed by atoms with van der Waals surface area (Å²) in [5.41, 5.74) is 3.18. The molecule has 1 amide bonds. The van der Waals surface area contributed by atoms with Crippen LogP contribution in [-0.4, -0.2) is 30.1 Å². The van der Waals surface area contributed by atoms with E-state index in [2.05, 4.69) is 15.3 Å². The van der Waals surface area contributed by atoms with E-state index in [0.29, 0.717) is 16.3 Å². The van der Waals surface area contributed by atoms with Gasteiger partial charge in [-0.25, -0.2) is 10.2 Å². The van der Waals surface area contributed by atoms with Gasteiger partial charge in [0.25, 0.3) is 0 Å². The lowest BCUT2D eigenvalue weighted by molar-refractivity contribution is 0.152. The number of benzene rings is 1. The molecular weight excluding hydrogens is 244 g/mol. The maximum atomic E-state index is 11.0. The number of amides is 1. The van der Waals surface area contributed by atoms with Gasteiger partial charge in [-0.2, -0.15) is 5.10 Å². The second kappa shape index (κ2) is 6.88. The predicted octanol–water partition coefficient (Wildman–Crippen LogP) is 1.78. The molecule has 92 valence electrons. The van der Waals surface area contributed by atoms with Gasteiger partial charge in [-0.3, -0.25) is 0 Å². The van der Waals surface area contributed by atoms with Crippen LogP contribution >= 0.6 is 11.6 Å². The van der Waals surface area contributed by atoms with E-state index >= 15 is 0 Å². The van der Waals surface area contributed by atoms with Crippen molar-refractivity contribution in [2.24, 2.45) is 5.10 Å². The van der Waals surface area contributed by atoms with Gasteiger partial charge in [0.15, 0.2) is 0 Å². The molecule has 0 heterocycles. The molecule has 0 fully saturated rings. The molecule has 0 aromatic heterocycles. The Morgan fingerprint density at radius 2 is 2.12 bits per heavy atom. The van der Waals surface area contributed by atoms with Crippen LogP contribution in [0, 0.1) is 0 Å². The molecule has 5 nitrogen and oxygen atoms in total. The van der Waals surface area contributed by atoms with Crippen molar-refractivity contribution in [1.82, 2.24) is 5.43 Å². The number of nitrogens with one attached hydrogen (secondary N) is 1. The number of aliphatic hydroxyl groups excluding tert-OH is 1. The molecule has 0 aliphatic rings. The van der Waals surface area contributed by atoms with Crippen LogP contribution in [0.2, 0.25) is 5.02 Å². The fourth-order valence-electron chi connectivity index (χ4n) is 1.11. The van der Waals surface area contributed by atoms with Crippen molar-refractivity contribution in [2.75, 3.05) is 13.2 Å². The Kier molecular flexibility index (Phi) is 5.45. The van der Waals surface area contributed by atoms with Crippen molar-refractivity contribution in [1.29, 1.82) is 0 Å². The van der Waals surface area contributed by atoms with E-state index in [1.54, 1.807) is 31.2 Å². The molecule has 0 spiro atoms. The Balaban J connectivity index is 2.73. The maximum absolute atomic E-state index is 11.0. The lowest BCUT2D eigenvalue weighted by atomic mass is 10.1. The first-order valence-electron chi connectivity index (χ1n) is 5.03. The summed E-state index contributed by atoms with van der Waals surface area (Å²) in [6.07, 6.45) is -0.660. The lowest BCUT2D eigenvalue weighted by Gasteiger charge is -2.04. The standard InChI is InChI=1S/C11H13ClN2O3/c1-2-17-11(16)14-13-10(7-15)8-3-5-9(12)6-4-8/h3-6,15H,2,7H2,1H3,(H,14,16). The molecule has 0 saturated carbocycles. The molecule has 0 radical (unpaired) electrons. The van der Waals surface area contributed by atoms with Crippen molar-refractivity contribution in [3.05, 3.63) is 34.9 Å². The van der Waals surface area contributed by atoms with E-state index in [-0.39, 0.29) is 13.2 Å². The zero-order valence-electron chi connectivity index (χ0n) is 9.31. The van der Waals surface area contributed by atoms with Crippen LogP contribution in [-0.2, 0) is 4.74 Å². The minimum Gasteiger partial charge on any atom is -0.449 e. The summed E-state index contributed by atoms with van der Waals surface area (Å²) in [5, 5.41) is 13.5. The van der Waals surface area contributed by atoms with Gasteiger partial charge in [-0.15, -0.1) is 0 Å². The topological polar surface area (TPSA) is 70.9 Å². The first-order chi connectivity index (χ1) is 8.17. The Hall–Kier alpha value is -1.59. The smallest absolute Gasteiger partial charge is 0.427 e. The number of nitrogens with zero attached hydrogens (tertiary/aromatic N) is 1. The summed E-state index contributed by atoms with van der Waals surface area (Å²) in [7, 11) is 0. The van der Waals surface area contributed by atoms with Crippen LogP contribution < -0.4 is 5.43 Å². The summed E-state index contributed by atoms with van der Waals surface area (Å²) in [4.78, 5) is 11.0. The van der Waals surface area contributed by atoms with E-state index in [0.717, 1.165) is 0 Å². The first kappa shape index (κ1) is 13.5. The first-order valence-corrected chi connectivity index (χ1v) is 5.41. The normalized spacial score (nSPS) is 11.1. The van der Waals surface area contributed by atoms with Crippen LogP contribution in [0.1, 0.15) is 12.5 Å². The number of hydrogen-bond donors (Lipinski definition) is 2. The van der Waals surface area contributed by atoms with Crippen molar-refractivity contribution in [3.8, 4) is 0 Å². The monoisotopic (exact) mass is 256 g/mol. The molecule has 1 aromatic rings. The van der Waals surface area contributed by atoms with Gasteiger partial charge in [0.05, 0.1) is 18.9 Å². The van der Waals surface area contributed by atoms with Gasteiger partial charge in [0.1, 0.15) is 0 Å². The quantitative estimate of drug-likeness (QED) is 0.637. The van der Waals surface area contributed by atoms with Crippen molar-refractivity contribution >= 4 is 23.4 Å². The maximum Gasteiger partial charge on any atom is 0.427 e. The highest BCUT2D eigenvalue weighted by atomic mass is 35.5. The SMILES string of the molecule is CCOC(=O)NN=C(CO)c1ccc(Cl)cc1. The molecule has 0 saturated heterocycles. The Bertz CT molecular complexity index is 404. The van der Waals surface area contributed by atoms with Gasteiger partial charge in [0, 0.05) is 10.6 Å². The lowest BCUT2D eigenvalue weighted by Crippen LogP contribution is -2.22. The Morgan fingerprint density at radius 3 is 2.65 bits per heavy atom. The average molecular weight is 257 g/mol. The van der Waals surface area contributed by atoms with Gasteiger partial charge < -0.3 is 9.84 Å². The van der Waals surface area contributed by atoms with Gasteiger partial charge >= 0.3 is 6.09 Å². The van der Waals surface area contributed by atoms with E-state index in [1.807, 2.05) is 0 Å². The van der Waals surface area contributed by atoms with Crippen LogP contribution in [0.25, 0.3) is 0 Å². The molecule has 0 aliphatic carbocycles. The molecule has 6 heteroatoms. The van der Waals surface area contributed by atoms with Crippen LogP contribution in [0.4, 0.5) is 4.79 Å². The summed E-state index contributed by atoms with van der Waals surface area (Å²) in [5.74, 6) is 0. The van der Waals surface area contributed by atoms with E-state index in [4.69, 9.17) is 16.7 Å². The zero-order valence-corrected chi connectivity index (χ0v) is 10.1. The van der Waals surface area contributed by atoms with Crippen molar-refractivity contribution in [2.45, 2.75) is 6.92 Å². The molecule has 0 bridgehead atoms. The van der Waals surface area contributed by atoms with E-state index in [1.165, 1.54) is 0 Å². The fraction of sp³-hybridized carbons (Fsp3) is 0.273. The molecule has 0 atom stereocenters. The molecule has 1 aromatic carbocycles. The highest BCUT2D eigenvalue weighted by Crippen LogP contribution is 2.10. The molecule has 17 heavy (non-hydrogen) atoms. The number of carbonyl (C=O) groups excluding carboxylic acids is 1. The number of carbonyl (C=O) groups is 1. The fourth-order valence-corrected chi connectivity index (χ4v) is 1.24. The molecular formula is C11H13ClN2O3. The predicted molar refractivity (Wildman–Crippen MR) is 65.2 cm³/mol. The van der Waals surface area contributed by atoms with E-state index < -0.39 is 6.09 Å². The van der Waals surface area contributed by atoms with Crippen LogP contribution in [0.3, 0.4) is 0 Å². The number of ether oxygens (including phenoxy) is 1. The minimum absolute atomic E-state index is 0.261. The van der Waals surface area contributed by atoms with Gasteiger partial charge in [-0.05, 0) is 19.1 Å². The number of halogens is 1. The molecule has 0 aliphatic heterocycles. The second-order valence-electron chi connectivity index (χ2n) is 3.06. The highest BCUT2D eigenvalue weighted by molar-refractivity contribution is 6.30. The number of rotatable bonds is 4. The second-order valence-corrected chi connectivity index (χ2v) is 3.49. The number of hydrogen-bond acceptors (Lipinski definition) is 4. The largest absolute Gasteiger partial charge is 0.449 e. The average Bonchev–Trinajstić information content (AvgIpc) is 2.32. The zero-order chi connectivity index (χ0) is 12.7.